The SMILES string of the molecule is O=C1CC(NC(=O)c2ccc(Br)c(Cl)c2)CN1. The summed E-state index contributed by atoms with van der Waals surface area (Å²) in [6, 6.07) is 4.84. The summed E-state index contributed by atoms with van der Waals surface area (Å²) < 4.78 is 0.744. The largest absolute Gasteiger partial charge is 0.354 e. The molecule has 2 rings (SSSR count). The van der Waals surface area contributed by atoms with E-state index in [4.69, 9.17) is 11.6 Å². The van der Waals surface area contributed by atoms with Gasteiger partial charge in [-0.1, -0.05) is 11.6 Å². The summed E-state index contributed by atoms with van der Waals surface area (Å²) in [5.41, 5.74) is 0.484. The highest BCUT2D eigenvalue weighted by atomic mass is 79.9. The van der Waals surface area contributed by atoms with E-state index in [9.17, 15) is 9.59 Å². The van der Waals surface area contributed by atoms with Crippen LogP contribution in [0, 0.1) is 0 Å². The molecule has 1 aliphatic rings. The Labute approximate surface area is 112 Å². The molecule has 1 aliphatic heterocycles. The number of amides is 2. The highest BCUT2D eigenvalue weighted by Crippen LogP contribution is 2.23. The van der Waals surface area contributed by atoms with Gasteiger partial charge in [0.15, 0.2) is 0 Å². The standard InChI is InChI=1S/C11H10BrClN2O2/c12-8-2-1-6(3-9(8)13)11(17)15-7-4-10(16)14-5-7/h1-3,7H,4-5H2,(H,14,16)(H,15,17). The van der Waals surface area contributed by atoms with Gasteiger partial charge >= 0.3 is 0 Å². The third kappa shape index (κ3) is 2.98. The number of rotatable bonds is 2. The second-order valence-corrected chi connectivity index (χ2v) is 5.07. The molecule has 1 aromatic rings. The van der Waals surface area contributed by atoms with Gasteiger partial charge in [0.25, 0.3) is 5.91 Å². The van der Waals surface area contributed by atoms with Crippen LogP contribution >= 0.6 is 27.5 Å². The van der Waals surface area contributed by atoms with Gasteiger partial charge < -0.3 is 10.6 Å². The molecule has 1 aromatic carbocycles. The smallest absolute Gasteiger partial charge is 0.251 e. The Morgan fingerprint density at radius 1 is 1.53 bits per heavy atom. The van der Waals surface area contributed by atoms with Gasteiger partial charge in [-0.15, -0.1) is 0 Å². The van der Waals surface area contributed by atoms with Gasteiger partial charge in [-0.2, -0.15) is 0 Å². The highest BCUT2D eigenvalue weighted by Gasteiger charge is 2.23. The predicted octanol–water partition coefficient (Wildman–Crippen LogP) is 1.72. The first-order valence-corrected chi connectivity index (χ1v) is 6.26. The van der Waals surface area contributed by atoms with Crippen molar-refractivity contribution in [1.82, 2.24) is 10.6 Å². The molecule has 0 aliphatic carbocycles. The van der Waals surface area contributed by atoms with Gasteiger partial charge in [-0.05, 0) is 34.1 Å². The fourth-order valence-electron chi connectivity index (χ4n) is 1.61. The lowest BCUT2D eigenvalue weighted by Crippen LogP contribution is -2.36. The van der Waals surface area contributed by atoms with Gasteiger partial charge in [0.1, 0.15) is 0 Å². The van der Waals surface area contributed by atoms with Gasteiger partial charge in [0, 0.05) is 23.0 Å². The summed E-state index contributed by atoms with van der Waals surface area (Å²) in [5, 5.41) is 5.92. The molecule has 1 unspecified atom stereocenters. The molecule has 0 spiro atoms. The third-order valence-corrected chi connectivity index (χ3v) is 3.73. The zero-order valence-corrected chi connectivity index (χ0v) is 11.1. The second-order valence-electron chi connectivity index (χ2n) is 3.81. The van der Waals surface area contributed by atoms with Gasteiger partial charge in [0.2, 0.25) is 5.91 Å². The van der Waals surface area contributed by atoms with E-state index < -0.39 is 0 Å². The zero-order valence-electron chi connectivity index (χ0n) is 8.80. The molecule has 0 radical (unpaired) electrons. The molecule has 2 N–H and O–H groups in total. The van der Waals surface area contributed by atoms with Crippen molar-refractivity contribution in [3.8, 4) is 0 Å². The molecule has 1 atom stereocenters. The van der Waals surface area contributed by atoms with E-state index >= 15 is 0 Å². The van der Waals surface area contributed by atoms with Crippen LogP contribution < -0.4 is 10.6 Å². The summed E-state index contributed by atoms with van der Waals surface area (Å²) in [6.45, 7) is 0.481. The Kier molecular flexibility index (Phi) is 3.69. The minimum Gasteiger partial charge on any atom is -0.354 e. The van der Waals surface area contributed by atoms with Crippen molar-refractivity contribution in [3.63, 3.8) is 0 Å². The summed E-state index contributed by atoms with van der Waals surface area (Å²) >= 11 is 9.16. The number of carbonyl (C=O) groups is 2. The van der Waals surface area contributed by atoms with Crippen molar-refractivity contribution in [1.29, 1.82) is 0 Å². The van der Waals surface area contributed by atoms with Crippen molar-refractivity contribution in [2.45, 2.75) is 12.5 Å². The molecule has 90 valence electrons. The summed E-state index contributed by atoms with van der Waals surface area (Å²) in [7, 11) is 0. The minimum absolute atomic E-state index is 0.0378. The van der Waals surface area contributed by atoms with Crippen LogP contribution in [0.5, 0.6) is 0 Å². The molecule has 2 amide bonds. The van der Waals surface area contributed by atoms with E-state index in [0.29, 0.717) is 23.6 Å². The van der Waals surface area contributed by atoms with E-state index in [1.54, 1.807) is 18.2 Å². The van der Waals surface area contributed by atoms with Crippen LogP contribution in [0.2, 0.25) is 5.02 Å². The van der Waals surface area contributed by atoms with Gasteiger partial charge in [-0.3, -0.25) is 9.59 Å². The van der Waals surface area contributed by atoms with E-state index in [1.165, 1.54) is 0 Å². The highest BCUT2D eigenvalue weighted by molar-refractivity contribution is 9.10. The van der Waals surface area contributed by atoms with Crippen LogP contribution in [-0.2, 0) is 4.79 Å². The molecule has 17 heavy (non-hydrogen) atoms. The topological polar surface area (TPSA) is 58.2 Å². The van der Waals surface area contributed by atoms with Crippen LogP contribution in [0.1, 0.15) is 16.8 Å². The summed E-state index contributed by atoms with van der Waals surface area (Å²) in [6.07, 6.45) is 0.329. The monoisotopic (exact) mass is 316 g/mol. The number of hydrogen-bond acceptors (Lipinski definition) is 2. The molecule has 1 saturated heterocycles. The molecule has 0 bridgehead atoms. The number of halogens is 2. The van der Waals surface area contributed by atoms with Crippen LogP contribution in [0.3, 0.4) is 0 Å². The molecular weight excluding hydrogens is 307 g/mol. The second kappa shape index (κ2) is 5.06. The maximum atomic E-state index is 11.8. The number of benzene rings is 1. The maximum Gasteiger partial charge on any atom is 0.251 e. The third-order valence-electron chi connectivity index (χ3n) is 2.49. The van der Waals surface area contributed by atoms with Crippen molar-refractivity contribution < 1.29 is 9.59 Å². The predicted molar refractivity (Wildman–Crippen MR) is 68.0 cm³/mol. The number of nitrogens with one attached hydrogen (secondary N) is 2. The van der Waals surface area contributed by atoms with Crippen molar-refractivity contribution in [2.75, 3.05) is 6.54 Å². The van der Waals surface area contributed by atoms with Crippen molar-refractivity contribution >= 4 is 39.3 Å². The number of carbonyl (C=O) groups excluding carboxylic acids is 2. The minimum atomic E-state index is -0.221. The fourth-order valence-corrected chi connectivity index (χ4v) is 2.04. The lowest BCUT2D eigenvalue weighted by molar-refractivity contribution is -0.119. The average molecular weight is 318 g/mol. The molecule has 1 fully saturated rings. The Balaban J connectivity index is 2.04. The normalized spacial score (nSPS) is 18.9. The van der Waals surface area contributed by atoms with Gasteiger partial charge in [0.05, 0.1) is 11.1 Å². The molecular formula is C11H10BrClN2O2. The van der Waals surface area contributed by atoms with Crippen molar-refractivity contribution in [3.05, 3.63) is 33.3 Å². The Morgan fingerprint density at radius 3 is 2.88 bits per heavy atom. The summed E-state index contributed by atoms with van der Waals surface area (Å²) in [4.78, 5) is 22.8. The maximum absolute atomic E-state index is 11.8. The number of hydrogen-bond donors (Lipinski definition) is 2. The molecule has 6 heteroatoms. The molecule has 0 aromatic heterocycles. The first kappa shape index (κ1) is 12.4. The quantitative estimate of drug-likeness (QED) is 0.872. The summed E-state index contributed by atoms with van der Waals surface area (Å²) in [5.74, 6) is -0.259. The Hall–Kier alpha value is -1.07. The van der Waals surface area contributed by atoms with E-state index in [0.717, 1.165) is 4.47 Å². The zero-order chi connectivity index (χ0) is 12.4. The van der Waals surface area contributed by atoms with E-state index in [2.05, 4.69) is 26.6 Å². The first-order chi connectivity index (χ1) is 8.06. The van der Waals surface area contributed by atoms with Crippen LogP contribution in [0.4, 0.5) is 0 Å². The van der Waals surface area contributed by atoms with Crippen LogP contribution in [-0.4, -0.2) is 24.4 Å². The van der Waals surface area contributed by atoms with Crippen LogP contribution in [0.15, 0.2) is 22.7 Å². The molecule has 0 saturated carbocycles. The average Bonchev–Trinajstić information content (AvgIpc) is 2.68. The lowest BCUT2D eigenvalue weighted by Gasteiger charge is -2.10. The first-order valence-electron chi connectivity index (χ1n) is 5.09. The van der Waals surface area contributed by atoms with E-state index in [1.807, 2.05) is 0 Å². The van der Waals surface area contributed by atoms with Gasteiger partial charge in [-0.25, -0.2) is 0 Å². The fraction of sp³-hybridized carbons (Fsp3) is 0.273. The Bertz CT molecular complexity index is 479. The van der Waals surface area contributed by atoms with Crippen molar-refractivity contribution in [2.24, 2.45) is 0 Å². The molecule has 4 nitrogen and oxygen atoms in total. The molecule has 1 heterocycles. The Morgan fingerprint density at radius 2 is 2.29 bits per heavy atom. The lowest BCUT2D eigenvalue weighted by atomic mass is 10.2. The van der Waals surface area contributed by atoms with Crippen LogP contribution in [0.25, 0.3) is 0 Å². The van der Waals surface area contributed by atoms with E-state index in [-0.39, 0.29) is 17.9 Å².